The van der Waals surface area contributed by atoms with Crippen LogP contribution in [0.3, 0.4) is 0 Å². The Morgan fingerprint density at radius 2 is 2.18 bits per heavy atom. The topological polar surface area (TPSA) is 23.5 Å². The minimum Gasteiger partial charge on any atom is -0.508 e. The summed E-state index contributed by atoms with van der Waals surface area (Å²) in [5, 5.41) is 9.87. The molecule has 2 atom stereocenters. The van der Waals surface area contributed by atoms with Crippen molar-refractivity contribution in [3.8, 4) is 5.75 Å². The lowest BCUT2D eigenvalue weighted by atomic mass is 9.91. The quantitative estimate of drug-likeness (QED) is 0.898. The summed E-state index contributed by atoms with van der Waals surface area (Å²) in [6.07, 6.45) is 2.59. The number of piperidine rings is 1. The average Bonchev–Trinajstić information content (AvgIpc) is 2.30. The molecule has 0 radical (unpaired) electrons. The van der Waals surface area contributed by atoms with Gasteiger partial charge in [0.1, 0.15) is 5.75 Å². The number of phenols is 1. The predicted octanol–water partition coefficient (Wildman–Crippen LogP) is 3.78. The maximum atomic E-state index is 9.87. The van der Waals surface area contributed by atoms with Crippen LogP contribution in [0.1, 0.15) is 32.3 Å². The van der Waals surface area contributed by atoms with Crippen LogP contribution >= 0.6 is 15.9 Å². The number of hydrogen-bond donors (Lipinski definition) is 1. The highest BCUT2D eigenvalue weighted by atomic mass is 79.9. The lowest BCUT2D eigenvalue weighted by Crippen LogP contribution is -2.41. The highest BCUT2D eigenvalue weighted by Gasteiger charge is 2.25. The van der Waals surface area contributed by atoms with Crippen molar-refractivity contribution >= 4 is 15.9 Å². The summed E-state index contributed by atoms with van der Waals surface area (Å²) in [5.41, 5.74) is 1.01. The molecule has 0 bridgehead atoms. The molecule has 1 aromatic carbocycles. The number of aromatic hydroxyl groups is 1. The molecule has 3 heteroatoms. The van der Waals surface area contributed by atoms with E-state index >= 15 is 0 Å². The molecule has 1 aliphatic rings. The second-order valence-corrected chi connectivity index (χ2v) is 6.02. The normalized spacial score (nSPS) is 26.1. The van der Waals surface area contributed by atoms with Crippen molar-refractivity contribution in [1.29, 1.82) is 0 Å². The molecule has 1 N–H and O–H groups in total. The van der Waals surface area contributed by atoms with Crippen LogP contribution in [0, 0.1) is 5.92 Å². The van der Waals surface area contributed by atoms with Gasteiger partial charge in [-0.3, -0.25) is 4.90 Å². The zero-order valence-electron chi connectivity index (χ0n) is 10.5. The van der Waals surface area contributed by atoms with Crippen molar-refractivity contribution in [3.05, 3.63) is 28.2 Å². The molecule has 1 aliphatic heterocycles. The van der Waals surface area contributed by atoms with E-state index in [9.17, 15) is 5.11 Å². The summed E-state index contributed by atoms with van der Waals surface area (Å²) >= 11 is 3.46. The predicted molar refractivity (Wildman–Crippen MR) is 74.1 cm³/mol. The van der Waals surface area contributed by atoms with Crippen molar-refractivity contribution in [1.82, 2.24) is 4.90 Å². The van der Waals surface area contributed by atoms with E-state index in [1.807, 2.05) is 12.1 Å². The lowest BCUT2D eigenvalue weighted by molar-refractivity contribution is 0.105. The minimum absolute atomic E-state index is 0.402. The van der Waals surface area contributed by atoms with Gasteiger partial charge >= 0.3 is 0 Å². The molecule has 94 valence electrons. The molecule has 1 heterocycles. The van der Waals surface area contributed by atoms with Gasteiger partial charge in [-0.15, -0.1) is 0 Å². The van der Waals surface area contributed by atoms with E-state index in [-0.39, 0.29) is 0 Å². The Kier molecular flexibility index (Phi) is 4.10. The number of likely N-dealkylation sites (tertiary alicyclic amines) is 1. The Balaban J connectivity index is 2.11. The van der Waals surface area contributed by atoms with Crippen LogP contribution in [0.5, 0.6) is 5.75 Å². The van der Waals surface area contributed by atoms with Gasteiger partial charge in [0.2, 0.25) is 0 Å². The fourth-order valence-corrected chi connectivity index (χ4v) is 2.95. The van der Waals surface area contributed by atoms with Crippen molar-refractivity contribution < 1.29 is 5.11 Å². The molecule has 0 amide bonds. The third-order valence-electron chi connectivity index (χ3n) is 3.92. The fraction of sp³-hybridized carbons (Fsp3) is 0.571. The van der Waals surface area contributed by atoms with E-state index in [0.717, 1.165) is 29.0 Å². The van der Waals surface area contributed by atoms with Crippen LogP contribution < -0.4 is 0 Å². The molecule has 0 spiro atoms. The second-order valence-electron chi connectivity index (χ2n) is 5.10. The van der Waals surface area contributed by atoms with Crippen LogP contribution in [0.15, 0.2) is 22.7 Å². The van der Waals surface area contributed by atoms with Crippen molar-refractivity contribution in [3.63, 3.8) is 0 Å². The smallest absolute Gasteiger partial charge is 0.120 e. The molecular weight excluding hydrogens is 278 g/mol. The van der Waals surface area contributed by atoms with Crippen LogP contribution in [-0.2, 0) is 6.54 Å². The monoisotopic (exact) mass is 297 g/mol. The van der Waals surface area contributed by atoms with E-state index < -0.39 is 0 Å². The van der Waals surface area contributed by atoms with Gasteiger partial charge in [-0.25, -0.2) is 0 Å². The third-order valence-corrected chi connectivity index (χ3v) is 4.41. The van der Waals surface area contributed by atoms with Crippen LogP contribution in [0.25, 0.3) is 0 Å². The van der Waals surface area contributed by atoms with Gasteiger partial charge < -0.3 is 5.11 Å². The average molecular weight is 298 g/mol. The highest BCUT2D eigenvalue weighted by Crippen LogP contribution is 2.28. The Hall–Kier alpha value is -0.540. The number of benzene rings is 1. The van der Waals surface area contributed by atoms with Gasteiger partial charge in [-0.05, 0) is 50.4 Å². The third kappa shape index (κ3) is 3.02. The zero-order chi connectivity index (χ0) is 12.4. The van der Waals surface area contributed by atoms with Gasteiger partial charge in [0.15, 0.2) is 0 Å². The van der Waals surface area contributed by atoms with E-state index in [4.69, 9.17) is 0 Å². The summed E-state index contributed by atoms with van der Waals surface area (Å²) in [6, 6.07) is 6.25. The Labute approximate surface area is 112 Å². The molecule has 1 aromatic rings. The van der Waals surface area contributed by atoms with E-state index in [0.29, 0.717) is 11.8 Å². The molecule has 2 nitrogen and oxygen atoms in total. The van der Waals surface area contributed by atoms with Crippen molar-refractivity contribution in [2.24, 2.45) is 5.92 Å². The van der Waals surface area contributed by atoms with Crippen LogP contribution in [0.4, 0.5) is 0 Å². The van der Waals surface area contributed by atoms with Crippen molar-refractivity contribution in [2.45, 2.75) is 39.3 Å². The van der Waals surface area contributed by atoms with Gasteiger partial charge in [0, 0.05) is 22.6 Å². The Morgan fingerprint density at radius 3 is 2.94 bits per heavy atom. The number of phenolic OH excluding ortho intramolecular Hbond substituents is 1. The molecule has 0 aliphatic carbocycles. The largest absolute Gasteiger partial charge is 0.508 e. The minimum atomic E-state index is 0.402. The molecule has 17 heavy (non-hydrogen) atoms. The fourth-order valence-electron chi connectivity index (χ4n) is 2.54. The molecule has 2 unspecified atom stereocenters. The van der Waals surface area contributed by atoms with Gasteiger partial charge in [-0.2, -0.15) is 0 Å². The van der Waals surface area contributed by atoms with Gasteiger partial charge in [0.25, 0.3) is 0 Å². The summed E-state index contributed by atoms with van der Waals surface area (Å²) < 4.78 is 1.03. The van der Waals surface area contributed by atoms with E-state index in [2.05, 4.69) is 34.7 Å². The molecule has 0 aromatic heterocycles. The number of hydrogen-bond acceptors (Lipinski definition) is 2. The zero-order valence-corrected chi connectivity index (χ0v) is 12.1. The van der Waals surface area contributed by atoms with Gasteiger partial charge in [-0.1, -0.05) is 22.9 Å². The molecule has 0 saturated carbocycles. The first kappa shape index (κ1) is 12.9. The van der Waals surface area contributed by atoms with Gasteiger partial charge in [0.05, 0.1) is 0 Å². The number of nitrogens with zero attached hydrogens (tertiary/aromatic N) is 1. The Bertz CT molecular complexity index is 394. The lowest BCUT2D eigenvalue weighted by Gasteiger charge is -2.38. The maximum absolute atomic E-state index is 9.87. The summed E-state index contributed by atoms with van der Waals surface area (Å²) in [5.74, 6) is 1.15. The van der Waals surface area contributed by atoms with Crippen molar-refractivity contribution in [2.75, 3.05) is 6.54 Å². The van der Waals surface area contributed by atoms with E-state index in [1.165, 1.54) is 12.8 Å². The molecule has 2 rings (SSSR count). The summed E-state index contributed by atoms with van der Waals surface area (Å²) in [4.78, 5) is 2.47. The molecule has 1 saturated heterocycles. The highest BCUT2D eigenvalue weighted by molar-refractivity contribution is 9.10. The van der Waals surface area contributed by atoms with Crippen LogP contribution in [0.2, 0.25) is 0 Å². The standard InChI is InChI=1S/C14H20BrNO/c1-10-4-3-7-16(11(10)2)9-12-8-13(15)5-6-14(12)17/h5-6,8,10-11,17H,3-4,7,9H2,1-2H3. The number of halogens is 1. The SMILES string of the molecule is CC1CCCN(Cc2cc(Br)ccc2O)C1C. The first-order chi connectivity index (χ1) is 8.08. The molecule has 1 fully saturated rings. The first-order valence-corrected chi connectivity index (χ1v) is 7.08. The number of rotatable bonds is 2. The maximum Gasteiger partial charge on any atom is 0.120 e. The Morgan fingerprint density at radius 1 is 1.41 bits per heavy atom. The summed E-state index contributed by atoms with van der Waals surface area (Å²) in [7, 11) is 0. The van der Waals surface area contributed by atoms with E-state index in [1.54, 1.807) is 6.07 Å². The second kappa shape index (κ2) is 5.40. The first-order valence-electron chi connectivity index (χ1n) is 6.29. The van der Waals surface area contributed by atoms with Crippen LogP contribution in [-0.4, -0.2) is 22.6 Å². The molecular formula is C14H20BrNO. The summed E-state index contributed by atoms with van der Waals surface area (Å²) in [6.45, 7) is 6.59.